The van der Waals surface area contributed by atoms with Crippen LogP contribution in [0.25, 0.3) is 10.8 Å². The zero-order chi connectivity index (χ0) is 15.0. The van der Waals surface area contributed by atoms with E-state index in [9.17, 15) is 0 Å². The molecule has 0 saturated carbocycles. The second-order valence-electron chi connectivity index (χ2n) is 4.98. The predicted molar refractivity (Wildman–Crippen MR) is 86.5 cm³/mol. The minimum atomic E-state index is 0.732. The fraction of sp³-hybridized carbons (Fsp3) is 0.188. The number of pyridine rings is 1. The van der Waals surface area contributed by atoms with E-state index in [-0.39, 0.29) is 0 Å². The van der Waals surface area contributed by atoms with Gasteiger partial charge in [0.1, 0.15) is 0 Å². The molecule has 2 N–H and O–H groups in total. The average Bonchev–Trinajstić information content (AvgIpc) is 2.48. The fourth-order valence-electron chi connectivity index (χ4n) is 2.15. The Morgan fingerprint density at radius 2 is 1.71 bits per heavy atom. The molecule has 106 valence electrons. The second-order valence-corrected chi connectivity index (χ2v) is 5.99. The Morgan fingerprint density at radius 3 is 2.43 bits per heavy atom. The fourth-order valence-corrected chi connectivity index (χ4v) is 3.07. The molecule has 0 bridgehead atoms. The first-order valence-electron chi connectivity index (χ1n) is 6.68. The van der Waals surface area contributed by atoms with Crippen LogP contribution in [0.1, 0.15) is 17.0 Å². The summed E-state index contributed by atoms with van der Waals surface area (Å²) in [7, 11) is 0. The maximum Gasteiger partial charge on any atom is 0.192 e. The van der Waals surface area contributed by atoms with Gasteiger partial charge in [-0.25, -0.2) is 9.97 Å². The highest BCUT2D eigenvalue weighted by atomic mass is 32.2. The van der Waals surface area contributed by atoms with Crippen molar-refractivity contribution in [2.75, 3.05) is 5.73 Å². The molecule has 0 unspecified atom stereocenters. The molecule has 0 aliphatic carbocycles. The van der Waals surface area contributed by atoms with Gasteiger partial charge >= 0.3 is 0 Å². The molecule has 3 aromatic rings. The molecule has 0 amide bonds. The monoisotopic (exact) mass is 296 g/mol. The average molecular weight is 296 g/mol. The van der Waals surface area contributed by atoms with E-state index in [0.717, 1.165) is 43.5 Å². The van der Waals surface area contributed by atoms with Gasteiger partial charge in [0.25, 0.3) is 0 Å². The molecule has 2 heterocycles. The van der Waals surface area contributed by atoms with Crippen LogP contribution in [0.3, 0.4) is 0 Å². The standard InChI is InChI=1S/C16H16N4S/c1-9-10(2)19-16(20-11(9)3)21-14-5-4-12-8-18-7-6-13(12)15(14)17/h4-8H,17H2,1-3H3. The summed E-state index contributed by atoms with van der Waals surface area (Å²) in [5, 5.41) is 2.78. The van der Waals surface area contributed by atoms with E-state index in [1.54, 1.807) is 6.20 Å². The summed E-state index contributed by atoms with van der Waals surface area (Å²) in [6.07, 6.45) is 3.57. The number of rotatable bonds is 2. The minimum Gasteiger partial charge on any atom is -0.397 e. The van der Waals surface area contributed by atoms with Crippen molar-refractivity contribution in [3.8, 4) is 0 Å². The predicted octanol–water partition coefficient (Wildman–Crippen LogP) is 3.68. The highest BCUT2D eigenvalue weighted by molar-refractivity contribution is 7.99. The lowest BCUT2D eigenvalue weighted by Gasteiger charge is -2.10. The van der Waals surface area contributed by atoms with Gasteiger partial charge in [-0.3, -0.25) is 4.98 Å². The van der Waals surface area contributed by atoms with Crippen molar-refractivity contribution in [2.24, 2.45) is 0 Å². The number of anilines is 1. The summed E-state index contributed by atoms with van der Waals surface area (Å²) in [5.41, 5.74) is 10.2. The number of hydrogen-bond acceptors (Lipinski definition) is 5. The van der Waals surface area contributed by atoms with Crippen LogP contribution in [0.4, 0.5) is 5.69 Å². The molecule has 0 aliphatic heterocycles. The number of fused-ring (bicyclic) bond motifs is 1. The number of aryl methyl sites for hydroxylation is 2. The summed E-state index contributed by atoms with van der Waals surface area (Å²) in [4.78, 5) is 14.2. The molecule has 0 saturated heterocycles. The van der Waals surface area contributed by atoms with Crippen molar-refractivity contribution < 1.29 is 0 Å². The van der Waals surface area contributed by atoms with Crippen LogP contribution in [-0.4, -0.2) is 15.0 Å². The Bertz CT molecular complexity index is 807. The van der Waals surface area contributed by atoms with Crippen LogP contribution in [0.5, 0.6) is 0 Å². The van der Waals surface area contributed by atoms with Crippen molar-refractivity contribution in [1.82, 2.24) is 15.0 Å². The Balaban J connectivity index is 2.04. The Morgan fingerprint density at radius 1 is 1.00 bits per heavy atom. The lowest BCUT2D eigenvalue weighted by molar-refractivity contribution is 0.881. The van der Waals surface area contributed by atoms with E-state index < -0.39 is 0 Å². The third kappa shape index (κ3) is 2.56. The third-order valence-corrected chi connectivity index (χ3v) is 4.58. The van der Waals surface area contributed by atoms with E-state index in [1.165, 1.54) is 11.8 Å². The molecule has 4 nitrogen and oxygen atoms in total. The molecule has 21 heavy (non-hydrogen) atoms. The van der Waals surface area contributed by atoms with Crippen molar-refractivity contribution >= 4 is 28.2 Å². The quantitative estimate of drug-likeness (QED) is 0.577. The van der Waals surface area contributed by atoms with E-state index in [0.29, 0.717) is 0 Å². The third-order valence-electron chi connectivity index (χ3n) is 3.64. The highest BCUT2D eigenvalue weighted by Crippen LogP contribution is 2.34. The van der Waals surface area contributed by atoms with Gasteiger partial charge in [0, 0.05) is 39.4 Å². The Kier molecular flexibility index (Phi) is 3.51. The van der Waals surface area contributed by atoms with Crippen molar-refractivity contribution in [2.45, 2.75) is 30.8 Å². The van der Waals surface area contributed by atoms with Crippen LogP contribution in [0.2, 0.25) is 0 Å². The van der Waals surface area contributed by atoms with Crippen molar-refractivity contribution in [3.63, 3.8) is 0 Å². The van der Waals surface area contributed by atoms with Crippen LogP contribution >= 0.6 is 11.8 Å². The lowest BCUT2D eigenvalue weighted by Crippen LogP contribution is -1.98. The topological polar surface area (TPSA) is 64.7 Å². The van der Waals surface area contributed by atoms with Gasteiger partial charge in [0.05, 0.1) is 5.69 Å². The van der Waals surface area contributed by atoms with Crippen LogP contribution < -0.4 is 5.73 Å². The highest BCUT2D eigenvalue weighted by Gasteiger charge is 2.10. The molecule has 1 aromatic carbocycles. The number of benzene rings is 1. The molecule has 2 aromatic heterocycles. The number of nitrogens with two attached hydrogens (primary N) is 1. The Labute approximate surface area is 127 Å². The van der Waals surface area contributed by atoms with E-state index in [2.05, 4.69) is 15.0 Å². The van der Waals surface area contributed by atoms with E-state index in [4.69, 9.17) is 5.73 Å². The lowest BCUT2D eigenvalue weighted by atomic mass is 10.1. The smallest absolute Gasteiger partial charge is 0.192 e. The zero-order valence-electron chi connectivity index (χ0n) is 12.2. The van der Waals surface area contributed by atoms with Crippen LogP contribution in [-0.2, 0) is 0 Å². The van der Waals surface area contributed by atoms with Gasteiger partial charge in [-0.2, -0.15) is 0 Å². The number of nitrogen functional groups attached to an aromatic ring is 1. The van der Waals surface area contributed by atoms with Gasteiger partial charge in [-0.05, 0) is 50.2 Å². The first-order chi connectivity index (χ1) is 10.1. The molecule has 0 aliphatic rings. The van der Waals surface area contributed by atoms with Crippen LogP contribution in [0, 0.1) is 20.8 Å². The van der Waals surface area contributed by atoms with E-state index in [1.807, 2.05) is 45.2 Å². The number of nitrogens with zero attached hydrogens (tertiary/aromatic N) is 3. The summed E-state index contributed by atoms with van der Waals surface area (Å²) >= 11 is 1.50. The first kappa shape index (κ1) is 13.8. The maximum atomic E-state index is 6.27. The summed E-state index contributed by atoms with van der Waals surface area (Å²) in [6, 6.07) is 5.95. The molecule has 5 heteroatoms. The number of hydrogen-bond donors (Lipinski definition) is 1. The molecule has 0 radical (unpaired) electrons. The second kappa shape index (κ2) is 5.33. The normalized spacial score (nSPS) is 11.0. The largest absolute Gasteiger partial charge is 0.397 e. The van der Waals surface area contributed by atoms with E-state index >= 15 is 0 Å². The molecule has 0 spiro atoms. The summed E-state index contributed by atoms with van der Waals surface area (Å²) in [5.74, 6) is 0. The SMILES string of the molecule is Cc1nc(Sc2ccc3cnccc3c2N)nc(C)c1C. The summed E-state index contributed by atoms with van der Waals surface area (Å²) < 4.78 is 0. The first-order valence-corrected chi connectivity index (χ1v) is 7.50. The van der Waals surface area contributed by atoms with Gasteiger partial charge < -0.3 is 5.73 Å². The molecule has 0 atom stereocenters. The molecular formula is C16H16N4S. The number of aromatic nitrogens is 3. The molecule has 0 fully saturated rings. The van der Waals surface area contributed by atoms with Gasteiger partial charge in [-0.1, -0.05) is 6.07 Å². The van der Waals surface area contributed by atoms with Gasteiger partial charge in [0.15, 0.2) is 5.16 Å². The van der Waals surface area contributed by atoms with Gasteiger partial charge in [-0.15, -0.1) is 0 Å². The van der Waals surface area contributed by atoms with Crippen molar-refractivity contribution in [3.05, 3.63) is 47.5 Å². The Hall–Kier alpha value is -2.14. The van der Waals surface area contributed by atoms with Gasteiger partial charge in [0.2, 0.25) is 0 Å². The maximum absolute atomic E-state index is 6.27. The molecule has 3 rings (SSSR count). The summed E-state index contributed by atoms with van der Waals surface area (Å²) in [6.45, 7) is 6.05. The molecular weight excluding hydrogens is 280 g/mol. The zero-order valence-corrected chi connectivity index (χ0v) is 13.0. The minimum absolute atomic E-state index is 0.732. The van der Waals surface area contributed by atoms with Crippen molar-refractivity contribution in [1.29, 1.82) is 0 Å². The van der Waals surface area contributed by atoms with Crippen LogP contribution in [0.15, 0.2) is 40.6 Å².